The molecular weight excluding hydrogens is 256 g/mol. The average molecular weight is 274 g/mol. The first kappa shape index (κ1) is 14.2. The Morgan fingerprint density at radius 3 is 2.65 bits per heavy atom. The lowest BCUT2D eigenvalue weighted by molar-refractivity contribution is -0.145. The van der Waals surface area contributed by atoms with Crippen molar-refractivity contribution < 1.29 is 14.3 Å². The maximum Gasteiger partial charge on any atom is 0.313 e. The molecule has 0 aliphatic heterocycles. The van der Waals surface area contributed by atoms with E-state index in [-0.39, 0.29) is 18.7 Å². The number of benzene rings is 1. The number of imidazole rings is 1. The van der Waals surface area contributed by atoms with Gasteiger partial charge in [0.15, 0.2) is 5.78 Å². The number of carbonyl (C=O) groups excluding carboxylic acids is 2. The third-order valence-corrected chi connectivity index (χ3v) is 3.23. The van der Waals surface area contributed by atoms with E-state index < -0.39 is 5.97 Å². The van der Waals surface area contributed by atoms with E-state index in [0.717, 1.165) is 16.6 Å². The Labute approximate surface area is 117 Å². The molecule has 1 aromatic carbocycles. The summed E-state index contributed by atoms with van der Waals surface area (Å²) < 4.78 is 6.54. The van der Waals surface area contributed by atoms with Gasteiger partial charge in [-0.1, -0.05) is 0 Å². The number of ether oxygens (including phenoxy) is 1. The van der Waals surface area contributed by atoms with Gasteiger partial charge in [-0.3, -0.25) is 9.59 Å². The second kappa shape index (κ2) is 5.86. The number of Topliss-reactive ketones (excluding diaryl/α,β-unsaturated/α-hetero) is 1. The molecule has 0 saturated carbocycles. The van der Waals surface area contributed by atoms with Gasteiger partial charge < -0.3 is 9.30 Å². The van der Waals surface area contributed by atoms with E-state index in [1.807, 2.05) is 26.0 Å². The normalized spacial score (nSPS) is 10.8. The molecule has 0 fully saturated rings. The fourth-order valence-electron chi connectivity index (χ4n) is 2.06. The molecular formula is C15H18N2O3. The van der Waals surface area contributed by atoms with E-state index in [9.17, 15) is 9.59 Å². The van der Waals surface area contributed by atoms with Crippen LogP contribution in [0.1, 0.15) is 24.5 Å². The van der Waals surface area contributed by atoms with Gasteiger partial charge in [-0.2, -0.15) is 0 Å². The summed E-state index contributed by atoms with van der Waals surface area (Å²) in [5.74, 6) is -0.657. The summed E-state index contributed by atoms with van der Waals surface area (Å²) in [5.41, 5.74) is 4.08. The number of nitrogens with zero attached hydrogens (tertiary/aromatic N) is 2. The highest BCUT2D eigenvalue weighted by Gasteiger charge is 2.13. The van der Waals surface area contributed by atoms with Crippen molar-refractivity contribution in [2.75, 3.05) is 6.61 Å². The van der Waals surface area contributed by atoms with Gasteiger partial charge in [0.05, 0.1) is 30.5 Å². The van der Waals surface area contributed by atoms with Crippen molar-refractivity contribution >= 4 is 22.8 Å². The number of aryl methyl sites for hydroxylation is 2. The van der Waals surface area contributed by atoms with Gasteiger partial charge in [0.25, 0.3) is 0 Å². The van der Waals surface area contributed by atoms with Crippen molar-refractivity contribution in [2.45, 2.75) is 33.7 Å². The zero-order valence-electron chi connectivity index (χ0n) is 12.0. The van der Waals surface area contributed by atoms with Crippen LogP contribution in [-0.4, -0.2) is 27.9 Å². The van der Waals surface area contributed by atoms with Crippen molar-refractivity contribution in [3.63, 3.8) is 0 Å². The molecule has 2 aromatic rings. The number of hydrogen-bond acceptors (Lipinski definition) is 4. The summed E-state index contributed by atoms with van der Waals surface area (Å²) in [6.07, 6.45) is 1.44. The lowest BCUT2D eigenvalue weighted by Crippen LogP contribution is -2.16. The van der Waals surface area contributed by atoms with Crippen LogP contribution >= 0.6 is 0 Å². The predicted octanol–water partition coefficient (Wildman–Crippen LogP) is 2.18. The monoisotopic (exact) mass is 274 g/mol. The number of esters is 1. The summed E-state index contributed by atoms with van der Waals surface area (Å²) in [5, 5.41) is 0. The van der Waals surface area contributed by atoms with Crippen LogP contribution in [0.5, 0.6) is 0 Å². The molecule has 5 nitrogen and oxygen atoms in total. The second-order valence-corrected chi connectivity index (χ2v) is 4.82. The Hall–Kier alpha value is -2.17. The predicted molar refractivity (Wildman–Crippen MR) is 75.5 cm³/mol. The van der Waals surface area contributed by atoms with Crippen molar-refractivity contribution in [3.8, 4) is 0 Å². The van der Waals surface area contributed by atoms with Crippen molar-refractivity contribution in [3.05, 3.63) is 29.6 Å². The summed E-state index contributed by atoms with van der Waals surface area (Å²) in [6.45, 7) is 6.19. The van der Waals surface area contributed by atoms with Gasteiger partial charge in [-0.15, -0.1) is 0 Å². The van der Waals surface area contributed by atoms with Gasteiger partial charge in [0.1, 0.15) is 6.42 Å². The Bertz CT molecular complexity index is 658. The first-order chi connectivity index (χ1) is 9.51. The fourth-order valence-corrected chi connectivity index (χ4v) is 2.06. The van der Waals surface area contributed by atoms with Crippen LogP contribution in [0, 0.1) is 13.8 Å². The highest BCUT2D eigenvalue weighted by molar-refractivity contribution is 5.96. The van der Waals surface area contributed by atoms with Gasteiger partial charge in [0, 0.05) is 0 Å². The molecule has 2 rings (SSSR count). The molecule has 0 aliphatic carbocycles. The molecule has 0 aliphatic rings. The number of fused-ring (bicyclic) bond motifs is 1. The zero-order chi connectivity index (χ0) is 14.7. The molecule has 0 bridgehead atoms. The standard InChI is InChI=1S/C15H18N2O3/c1-4-20-15(19)7-12(18)8-17-9-16-13-5-10(2)11(3)6-14(13)17/h5-6,9H,4,7-8H2,1-3H3. The minimum Gasteiger partial charge on any atom is -0.466 e. The zero-order valence-corrected chi connectivity index (χ0v) is 12.0. The summed E-state index contributed by atoms with van der Waals surface area (Å²) in [7, 11) is 0. The molecule has 0 unspecified atom stereocenters. The Morgan fingerprint density at radius 1 is 1.25 bits per heavy atom. The molecule has 0 radical (unpaired) electrons. The van der Waals surface area contributed by atoms with E-state index in [0.29, 0.717) is 6.61 Å². The van der Waals surface area contributed by atoms with Crippen molar-refractivity contribution in [1.29, 1.82) is 0 Å². The number of hydrogen-bond donors (Lipinski definition) is 0. The maximum absolute atomic E-state index is 11.8. The maximum atomic E-state index is 11.8. The second-order valence-electron chi connectivity index (χ2n) is 4.82. The number of carbonyl (C=O) groups is 2. The molecule has 5 heteroatoms. The quantitative estimate of drug-likeness (QED) is 0.619. The van der Waals surface area contributed by atoms with Gasteiger partial charge in [0.2, 0.25) is 0 Å². The Morgan fingerprint density at radius 2 is 1.95 bits per heavy atom. The van der Waals surface area contributed by atoms with Crippen LogP contribution in [0.2, 0.25) is 0 Å². The molecule has 0 spiro atoms. The average Bonchev–Trinajstić information content (AvgIpc) is 2.72. The van der Waals surface area contributed by atoms with Crippen LogP contribution in [0.15, 0.2) is 18.5 Å². The van der Waals surface area contributed by atoms with Crippen LogP contribution in [-0.2, 0) is 20.9 Å². The van der Waals surface area contributed by atoms with Gasteiger partial charge >= 0.3 is 5.97 Å². The van der Waals surface area contributed by atoms with Gasteiger partial charge in [-0.25, -0.2) is 4.98 Å². The highest BCUT2D eigenvalue weighted by Crippen LogP contribution is 2.18. The number of aromatic nitrogens is 2. The van der Waals surface area contributed by atoms with Crippen LogP contribution in [0.3, 0.4) is 0 Å². The molecule has 0 amide bonds. The first-order valence-electron chi connectivity index (χ1n) is 6.60. The first-order valence-corrected chi connectivity index (χ1v) is 6.60. The van der Waals surface area contributed by atoms with Crippen LogP contribution in [0.25, 0.3) is 11.0 Å². The smallest absolute Gasteiger partial charge is 0.313 e. The molecule has 0 atom stereocenters. The minimum absolute atomic E-state index is 0.137. The third kappa shape index (κ3) is 3.04. The van der Waals surface area contributed by atoms with Crippen LogP contribution < -0.4 is 0 Å². The van der Waals surface area contributed by atoms with E-state index >= 15 is 0 Å². The van der Waals surface area contributed by atoms with E-state index in [2.05, 4.69) is 4.98 Å². The topological polar surface area (TPSA) is 61.2 Å². The van der Waals surface area contributed by atoms with Crippen molar-refractivity contribution in [1.82, 2.24) is 9.55 Å². The lowest BCUT2D eigenvalue weighted by Gasteiger charge is -2.05. The lowest BCUT2D eigenvalue weighted by atomic mass is 10.1. The molecule has 1 aromatic heterocycles. The van der Waals surface area contributed by atoms with Gasteiger partial charge in [-0.05, 0) is 44.0 Å². The van der Waals surface area contributed by atoms with E-state index in [1.165, 1.54) is 5.56 Å². The molecule has 0 N–H and O–H groups in total. The highest BCUT2D eigenvalue weighted by atomic mass is 16.5. The molecule has 106 valence electrons. The van der Waals surface area contributed by atoms with Crippen LogP contribution in [0.4, 0.5) is 0 Å². The van der Waals surface area contributed by atoms with E-state index in [4.69, 9.17) is 4.74 Å². The summed E-state index contributed by atoms with van der Waals surface area (Å²) in [4.78, 5) is 27.4. The summed E-state index contributed by atoms with van der Waals surface area (Å²) >= 11 is 0. The summed E-state index contributed by atoms with van der Waals surface area (Å²) in [6, 6.07) is 4.01. The Balaban J connectivity index is 2.16. The number of rotatable bonds is 5. The molecule has 1 heterocycles. The van der Waals surface area contributed by atoms with Crippen molar-refractivity contribution in [2.24, 2.45) is 0 Å². The Kier molecular flexibility index (Phi) is 4.17. The number of ketones is 1. The molecule has 0 saturated heterocycles. The third-order valence-electron chi connectivity index (χ3n) is 3.23. The largest absolute Gasteiger partial charge is 0.466 e. The SMILES string of the molecule is CCOC(=O)CC(=O)Cn1cnc2cc(C)c(C)cc21. The van der Waals surface area contributed by atoms with E-state index in [1.54, 1.807) is 17.8 Å². The fraction of sp³-hybridized carbons (Fsp3) is 0.400. The minimum atomic E-state index is -0.478. The molecule has 20 heavy (non-hydrogen) atoms.